The van der Waals surface area contributed by atoms with Crippen LogP contribution in [0.4, 0.5) is 0 Å². The van der Waals surface area contributed by atoms with Crippen LogP contribution in [0.25, 0.3) is 0 Å². The van der Waals surface area contributed by atoms with E-state index < -0.39 is 38.7 Å². The summed E-state index contributed by atoms with van der Waals surface area (Å²) in [5.41, 5.74) is 0. The molecule has 8 nitrogen and oxygen atoms in total. The summed E-state index contributed by atoms with van der Waals surface area (Å²) in [5, 5.41) is 8.13. The fourth-order valence-electron chi connectivity index (χ4n) is 6.01. The normalized spacial score (nSPS) is 26.5. The first-order valence-corrected chi connectivity index (χ1v) is 15.3. The minimum atomic E-state index is -3.00. The van der Waals surface area contributed by atoms with Crippen molar-refractivity contribution in [2.24, 2.45) is 16.9 Å². The maximum atomic E-state index is 12.4. The molecule has 2 aliphatic heterocycles. The molecule has 0 aromatic heterocycles. The van der Waals surface area contributed by atoms with Crippen molar-refractivity contribution in [2.45, 2.75) is 64.1 Å². The highest BCUT2D eigenvalue weighted by molar-refractivity contribution is 6.99. The number of carbonyl (C=O) groups is 2. The second kappa shape index (κ2) is 11.6. The molecule has 0 radical (unpaired) electrons. The minimum absolute atomic E-state index is 0.161. The highest BCUT2D eigenvalue weighted by Crippen LogP contribution is 2.48. The number of hydrogen-bond acceptors (Lipinski definition) is 8. The van der Waals surface area contributed by atoms with Crippen molar-refractivity contribution in [3.05, 3.63) is 60.7 Å². The summed E-state index contributed by atoms with van der Waals surface area (Å²) in [4.78, 5) is 24.2. The Kier molecular flexibility index (Phi) is 8.63. The van der Waals surface area contributed by atoms with E-state index in [0.29, 0.717) is 0 Å². The predicted molar refractivity (Wildman–Crippen MR) is 153 cm³/mol. The van der Waals surface area contributed by atoms with Gasteiger partial charge in [-0.05, 0) is 15.4 Å². The van der Waals surface area contributed by atoms with Crippen molar-refractivity contribution in [3.8, 4) is 0 Å². The molecule has 2 aromatic rings. The first-order valence-electron chi connectivity index (χ1n) is 13.4. The van der Waals surface area contributed by atoms with Gasteiger partial charge in [0.1, 0.15) is 12.2 Å². The summed E-state index contributed by atoms with van der Waals surface area (Å²) in [5.74, 6) is -1.19. The standard InChI is InChI=1S/C30H40N2O6Si/c1-20(33)35-19-25-24(18-31-32(6)7)26-28(36-21(2)34)29(27(25)37-26)38-39(30(3,4)5,22-14-10-8-11-15-22)23-16-12-9-13-17-23/h8-18,24-29H,19H2,1-7H3/b31-18+/t24-,25-,26+,27-,28-,29-/m0/s1. The number of nitrogens with zero attached hydrogens (tertiary/aromatic N) is 2. The molecule has 0 saturated carbocycles. The van der Waals surface area contributed by atoms with Gasteiger partial charge in [0.05, 0.1) is 12.7 Å². The van der Waals surface area contributed by atoms with Crippen molar-refractivity contribution in [3.63, 3.8) is 0 Å². The fraction of sp³-hybridized carbons (Fsp3) is 0.500. The van der Waals surface area contributed by atoms with Crippen LogP contribution >= 0.6 is 0 Å². The smallest absolute Gasteiger partial charge is 0.303 e. The molecule has 6 atom stereocenters. The van der Waals surface area contributed by atoms with E-state index in [2.05, 4.69) is 50.1 Å². The zero-order valence-electron chi connectivity index (χ0n) is 23.9. The molecular formula is C30H40N2O6Si. The third kappa shape index (κ3) is 5.80. The van der Waals surface area contributed by atoms with Crippen LogP contribution in [0.3, 0.4) is 0 Å². The van der Waals surface area contributed by atoms with Crippen LogP contribution in [0.15, 0.2) is 65.8 Å². The summed E-state index contributed by atoms with van der Waals surface area (Å²) < 4.78 is 25.4. The summed E-state index contributed by atoms with van der Waals surface area (Å²) in [6.07, 6.45) is -0.324. The summed E-state index contributed by atoms with van der Waals surface area (Å²) in [6, 6.07) is 20.7. The van der Waals surface area contributed by atoms with Gasteiger partial charge >= 0.3 is 11.9 Å². The Morgan fingerprint density at radius 2 is 1.49 bits per heavy atom. The topological polar surface area (TPSA) is 86.7 Å². The molecule has 2 saturated heterocycles. The van der Waals surface area contributed by atoms with E-state index in [1.54, 1.807) is 5.01 Å². The van der Waals surface area contributed by atoms with Gasteiger partial charge in [-0.3, -0.25) is 9.59 Å². The molecule has 2 aliphatic rings. The van der Waals surface area contributed by atoms with Crippen LogP contribution in [0, 0.1) is 11.8 Å². The SMILES string of the molecule is CC(=O)OC[C@H]1[C@H](/C=N/N(C)C)[C@H]2O[C@@H]1[C@H](O[Si](c1ccccc1)(c1ccccc1)C(C)(C)C)[C@H]2OC(C)=O. The predicted octanol–water partition coefficient (Wildman–Crippen LogP) is 2.99. The Morgan fingerprint density at radius 1 is 0.923 bits per heavy atom. The molecule has 9 heteroatoms. The summed E-state index contributed by atoms with van der Waals surface area (Å²) in [6.45, 7) is 9.58. The molecule has 2 bridgehead atoms. The van der Waals surface area contributed by atoms with Gasteiger partial charge < -0.3 is 23.6 Å². The Balaban J connectivity index is 1.84. The monoisotopic (exact) mass is 552 g/mol. The molecular weight excluding hydrogens is 512 g/mol. The van der Waals surface area contributed by atoms with Gasteiger partial charge in [0.2, 0.25) is 0 Å². The van der Waals surface area contributed by atoms with Crippen LogP contribution in [0.5, 0.6) is 0 Å². The zero-order valence-corrected chi connectivity index (χ0v) is 24.9. The number of hydrazone groups is 1. The van der Waals surface area contributed by atoms with Gasteiger partial charge in [-0.25, -0.2) is 0 Å². The molecule has 0 N–H and O–H groups in total. The number of fused-ring (bicyclic) bond motifs is 2. The largest absolute Gasteiger partial charge is 0.465 e. The number of ether oxygens (including phenoxy) is 3. The lowest BCUT2D eigenvalue weighted by molar-refractivity contribution is -0.155. The number of hydrogen-bond donors (Lipinski definition) is 0. The summed E-state index contributed by atoms with van der Waals surface area (Å²) in [7, 11) is 0.676. The van der Waals surface area contributed by atoms with E-state index in [-0.39, 0.29) is 29.5 Å². The number of benzene rings is 2. The van der Waals surface area contributed by atoms with Gasteiger partial charge in [0, 0.05) is 46.0 Å². The highest BCUT2D eigenvalue weighted by Gasteiger charge is 2.65. The molecule has 0 spiro atoms. The van der Waals surface area contributed by atoms with Crippen LogP contribution in [0.1, 0.15) is 34.6 Å². The third-order valence-corrected chi connectivity index (χ3v) is 12.6. The van der Waals surface area contributed by atoms with Crippen molar-refractivity contribution in [1.29, 1.82) is 0 Å². The first-order chi connectivity index (χ1) is 18.5. The van der Waals surface area contributed by atoms with Crippen molar-refractivity contribution >= 4 is 36.8 Å². The van der Waals surface area contributed by atoms with E-state index in [0.717, 1.165) is 10.4 Å². The Hall–Kier alpha value is -3.01. The minimum Gasteiger partial charge on any atom is -0.465 e. The molecule has 0 aliphatic carbocycles. The van der Waals surface area contributed by atoms with Crippen LogP contribution in [0.2, 0.25) is 5.04 Å². The van der Waals surface area contributed by atoms with Crippen LogP contribution in [-0.2, 0) is 28.2 Å². The number of carbonyl (C=O) groups excluding carboxylic acids is 2. The van der Waals surface area contributed by atoms with Crippen LogP contribution < -0.4 is 10.4 Å². The van der Waals surface area contributed by atoms with E-state index in [1.807, 2.05) is 56.7 Å². The van der Waals surface area contributed by atoms with E-state index >= 15 is 0 Å². The second-order valence-electron chi connectivity index (χ2n) is 11.5. The first kappa shape index (κ1) is 29.0. The third-order valence-electron chi connectivity index (χ3n) is 7.56. The molecule has 2 fully saturated rings. The van der Waals surface area contributed by atoms with Crippen molar-refractivity contribution in [2.75, 3.05) is 20.7 Å². The zero-order chi connectivity index (χ0) is 28.4. The molecule has 2 aromatic carbocycles. The Bertz CT molecular complexity index is 1130. The molecule has 0 amide bonds. The number of esters is 2. The summed E-state index contributed by atoms with van der Waals surface area (Å²) >= 11 is 0. The van der Waals surface area contributed by atoms with E-state index in [9.17, 15) is 9.59 Å². The lowest BCUT2D eigenvalue weighted by Gasteiger charge is -2.47. The Labute approximate surface area is 232 Å². The molecule has 2 heterocycles. The highest BCUT2D eigenvalue weighted by atomic mass is 28.4. The second-order valence-corrected chi connectivity index (χ2v) is 15.8. The van der Waals surface area contributed by atoms with E-state index in [1.165, 1.54) is 13.8 Å². The number of rotatable bonds is 9. The average Bonchev–Trinajstić information content (AvgIpc) is 3.40. The molecule has 0 unspecified atom stereocenters. The van der Waals surface area contributed by atoms with Gasteiger partial charge in [-0.1, -0.05) is 81.4 Å². The Morgan fingerprint density at radius 3 is 1.95 bits per heavy atom. The van der Waals surface area contributed by atoms with Gasteiger partial charge in [-0.15, -0.1) is 0 Å². The maximum absolute atomic E-state index is 12.4. The van der Waals surface area contributed by atoms with Crippen molar-refractivity contribution < 1.29 is 28.2 Å². The lowest BCUT2D eigenvalue weighted by atomic mass is 9.77. The quantitative estimate of drug-likeness (QED) is 0.205. The lowest BCUT2D eigenvalue weighted by Crippen LogP contribution is -2.70. The van der Waals surface area contributed by atoms with Gasteiger partial charge in [0.15, 0.2) is 6.10 Å². The fourth-order valence-corrected chi connectivity index (χ4v) is 10.7. The van der Waals surface area contributed by atoms with Gasteiger partial charge in [0.25, 0.3) is 8.32 Å². The average molecular weight is 553 g/mol. The van der Waals surface area contributed by atoms with E-state index in [4.69, 9.17) is 18.6 Å². The molecule has 39 heavy (non-hydrogen) atoms. The molecule has 210 valence electrons. The van der Waals surface area contributed by atoms with Gasteiger partial charge in [-0.2, -0.15) is 5.10 Å². The maximum Gasteiger partial charge on any atom is 0.303 e. The van der Waals surface area contributed by atoms with Crippen molar-refractivity contribution in [1.82, 2.24) is 5.01 Å². The molecule has 4 rings (SSSR count). The van der Waals surface area contributed by atoms with Crippen LogP contribution in [-0.4, -0.2) is 76.6 Å².